The topological polar surface area (TPSA) is 83.6 Å². The lowest BCUT2D eigenvalue weighted by Gasteiger charge is -2.20. The lowest BCUT2D eigenvalue weighted by atomic mass is 10.1. The van der Waals surface area contributed by atoms with Crippen LogP contribution in [0.2, 0.25) is 5.02 Å². The molecular formula is C12H12ClFN2O3. The molecule has 1 fully saturated rings. The van der Waals surface area contributed by atoms with Crippen molar-refractivity contribution in [1.82, 2.24) is 0 Å². The molecule has 0 bridgehead atoms. The highest BCUT2D eigenvalue weighted by atomic mass is 35.5. The number of anilines is 1. The SMILES string of the molecule is NCC1CC(=O)N(c2c(Cl)cc(F)cc2C(=O)O)C1. The van der Waals surface area contributed by atoms with Crippen LogP contribution in [0.4, 0.5) is 10.1 Å². The van der Waals surface area contributed by atoms with E-state index in [1.54, 1.807) is 0 Å². The third-order valence-electron chi connectivity index (χ3n) is 3.07. The number of hydrogen-bond donors (Lipinski definition) is 2. The number of aromatic carboxylic acids is 1. The van der Waals surface area contributed by atoms with Crippen LogP contribution in [-0.2, 0) is 4.79 Å². The van der Waals surface area contributed by atoms with Crippen LogP contribution in [0, 0.1) is 11.7 Å². The summed E-state index contributed by atoms with van der Waals surface area (Å²) in [5.41, 5.74) is 5.22. The van der Waals surface area contributed by atoms with Gasteiger partial charge in [0, 0.05) is 13.0 Å². The zero-order valence-corrected chi connectivity index (χ0v) is 10.7. The fourth-order valence-corrected chi connectivity index (χ4v) is 2.47. The fraction of sp³-hybridized carbons (Fsp3) is 0.333. The number of carbonyl (C=O) groups is 2. The van der Waals surface area contributed by atoms with Crippen molar-refractivity contribution in [2.75, 3.05) is 18.0 Å². The second kappa shape index (κ2) is 5.14. The number of carbonyl (C=O) groups excluding carboxylic acids is 1. The van der Waals surface area contributed by atoms with Crippen LogP contribution >= 0.6 is 11.6 Å². The number of hydrogen-bond acceptors (Lipinski definition) is 3. The summed E-state index contributed by atoms with van der Waals surface area (Å²) < 4.78 is 13.2. The Morgan fingerprint density at radius 2 is 2.26 bits per heavy atom. The molecule has 1 amide bonds. The van der Waals surface area contributed by atoms with E-state index in [9.17, 15) is 14.0 Å². The molecule has 1 aliphatic heterocycles. The molecule has 1 atom stereocenters. The van der Waals surface area contributed by atoms with Crippen LogP contribution in [-0.4, -0.2) is 30.1 Å². The smallest absolute Gasteiger partial charge is 0.337 e. The van der Waals surface area contributed by atoms with Crippen LogP contribution in [0.25, 0.3) is 0 Å². The maximum absolute atomic E-state index is 13.2. The molecule has 0 aromatic heterocycles. The quantitative estimate of drug-likeness (QED) is 0.882. The van der Waals surface area contributed by atoms with Crippen LogP contribution in [0.15, 0.2) is 12.1 Å². The molecule has 7 heteroatoms. The number of carboxylic acids is 1. The lowest BCUT2D eigenvalue weighted by Crippen LogP contribution is -2.28. The Kier molecular flexibility index (Phi) is 3.73. The van der Waals surface area contributed by atoms with Crippen LogP contribution in [0.5, 0.6) is 0 Å². The Bertz CT molecular complexity index is 550. The monoisotopic (exact) mass is 286 g/mol. The lowest BCUT2D eigenvalue weighted by molar-refractivity contribution is -0.117. The van der Waals surface area contributed by atoms with Gasteiger partial charge in [-0.25, -0.2) is 9.18 Å². The fourth-order valence-electron chi connectivity index (χ4n) is 2.16. The minimum absolute atomic E-state index is 0.0384. The minimum atomic E-state index is -1.33. The second-order valence-electron chi connectivity index (χ2n) is 4.40. The van der Waals surface area contributed by atoms with E-state index in [1.165, 1.54) is 4.90 Å². The Labute approximate surface area is 113 Å². The van der Waals surface area contributed by atoms with Crippen molar-refractivity contribution in [1.29, 1.82) is 0 Å². The highest BCUT2D eigenvalue weighted by molar-refractivity contribution is 6.34. The average Bonchev–Trinajstić information content (AvgIpc) is 2.69. The maximum Gasteiger partial charge on any atom is 0.337 e. The van der Waals surface area contributed by atoms with Crippen LogP contribution in [0.1, 0.15) is 16.8 Å². The highest BCUT2D eigenvalue weighted by Crippen LogP contribution is 2.35. The average molecular weight is 287 g/mol. The van der Waals surface area contributed by atoms with E-state index in [4.69, 9.17) is 22.4 Å². The molecule has 0 aliphatic carbocycles. The van der Waals surface area contributed by atoms with Crippen molar-refractivity contribution < 1.29 is 19.1 Å². The number of nitrogens with zero attached hydrogens (tertiary/aromatic N) is 1. The number of rotatable bonds is 3. The first-order chi connectivity index (χ1) is 8.93. The maximum atomic E-state index is 13.2. The number of benzene rings is 1. The van der Waals surface area contributed by atoms with Gasteiger partial charge in [0.05, 0.1) is 16.3 Å². The Hall–Kier alpha value is -1.66. The van der Waals surface area contributed by atoms with Gasteiger partial charge in [-0.1, -0.05) is 11.6 Å². The van der Waals surface area contributed by atoms with Gasteiger partial charge in [-0.05, 0) is 24.6 Å². The van der Waals surface area contributed by atoms with Crippen LogP contribution < -0.4 is 10.6 Å². The van der Waals surface area contributed by atoms with Crippen molar-refractivity contribution in [3.05, 3.63) is 28.5 Å². The molecular weight excluding hydrogens is 275 g/mol. The molecule has 19 heavy (non-hydrogen) atoms. The van der Waals surface area contributed by atoms with Crippen molar-refractivity contribution in [3.63, 3.8) is 0 Å². The van der Waals surface area contributed by atoms with E-state index in [2.05, 4.69) is 0 Å². The summed E-state index contributed by atoms with van der Waals surface area (Å²) in [5, 5.41) is 9.00. The molecule has 0 spiro atoms. The molecule has 1 aliphatic rings. The third-order valence-corrected chi connectivity index (χ3v) is 3.36. The van der Waals surface area contributed by atoms with Gasteiger partial charge in [0.15, 0.2) is 0 Å². The molecule has 1 unspecified atom stereocenters. The Balaban J connectivity index is 2.50. The Morgan fingerprint density at radius 1 is 1.58 bits per heavy atom. The summed E-state index contributed by atoms with van der Waals surface area (Å²) in [4.78, 5) is 24.3. The third kappa shape index (κ3) is 2.54. The number of amides is 1. The molecule has 1 aromatic rings. The minimum Gasteiger partial charge on any atom is -0.478 e. The second-order valence-corrected chi connectivity index (χ2v) is 4.81. The molecule has 2 rings (SSSR count). The summed E-state index contributed by atoms with van der Waals surface area (Å²) in [5.74, 6) is -2.39. The van der Waals surface area contributed by atoms with E-state index in [0.717, 1.165) is 12.1 Å². The zero-order chi connectivity index (χ0) is 14.2. The molecule has 5 nitrogen and oxygen atoms in total. The molecule has 0 saturated carbocycles. The standard InChI is InChI=1S/C12H12ClFN2O3/c13-9-3-7(14)2-8(12(18)19)11(9)16-5-6(4-15)1-10(16)17/h2-3,6H,1,4-5,15H2,(H,18,19). The van der Waals surface area contributed by atoms with E-state index >= 15 is 0 Å². The summed E-state index contributed by atoms with van der Waals surface area (Å²) in [6.07, 6.45) is 0.239. The van der Waals surface area contributed by atoms with E-state index in [1.807, 2.05) is 0 Å². The summed E-state index contributed by atoms with van der Waals surface area (Å²) in [6, 6.07) is 1.85. The van der Waals surface area contributed by atoms with Crippen molar-refractivity contribution in [2.24, 2.45) is 11.7 Å². The van der Waals surface area contributed by atoms with E-state index < -0.39 is 11.8 Å². The molecule has 102 valence electrons. The van der Waals surface area contributed by atoms with Gasteiger partial charge in [0.1, 0.15) is 5.82 Å². The normalized spacial score (nSPS) is 19.0. The number of halogens is 2. The van der Waals surface area contributed by atoms with Gasteiger partial charge < -0.3 is 15.7 Å². The van der Waals surface area contributed by atoms with Crippen molar-refractivity contribution >= 4 is 29.2 Å². The highest BCUT2D eigenvalue weighted by Gasteiger charge is 2.33. The zero-order valence-electron chi connectivity index (χ0n) is 9.90. The number of carboxylic acid groups (broad SMARTS) is 1. The predicted octanol–water partition coefficient (Wildman–Crippen LogP) is 1.49. The van der Waals surface area contributed by atoms with Crippen molar-refractivity contribution in [2.45, 2.75) is 6.42 Å². The van der Waals surface area contributed by atoms with Gasteiger partial charge in [-0.2, -0.15) is 0 Å². The summed E-state index contributed by atoms with van der Waals surface area (Å²) in [6.45, 7) is 0.616. The molecule has 3 N–H and O–H groups in total. The van der Waals surface area contributed by atoms with Gasteiger partial charge in [0.2, 0.25) is 5.91 Å². The predicted molar refractivity (Wildman–Crippen MR) is 67.9 cm³/mol. The van der Waals surface area contributed by atoms with Gasteiger partial charge in [-0.3, -0.25) is 4.79 Å². The summed E-state index contributed by atoms with van der Waals surface area (Å²) in [7, 11) is 0. The van der Waals surface area contributed by atoms with Crippen molar-refractivity contribution in [3.8, 4) is 0 Å². The van der Waals surface area contributed by atoms with Crippen LogP contribution in [0.3, 0.4) is 0 Å². The first-order valence-corrected chi connectivity index (χ1v) is 6.04. The molecule has 1 aromatic carbocycles. The largest absolute Gasteiger partial charge is 0.478 e. The van der Waals surface area contributed by atoms with E-state index in [-0.39, 0.29) is 34.5 Å². The molecule has 1 heterocycles. The van der Waals surface area contributed by atoms with Gasteiger partial charge >= 0.3 is 5.97 Å². The van der Waals surface area contributed by atoms with Gasteiger partial charge in [0.25, 0.3) is 0 Å². The van der Waals surface area contributed by atoms with E-state index in [0.29, 0.717) is 13.1 Å². The molecule has 1 saturated heterocycles. The van der Waals surface area contributed by atoms with Gasteiger partial charge in [-0.15, -0.1) is 0 Å². The Morgan fingerprint density at radius 3 is 2.79 bits per heavy atom. The molecule has 0 radical (unpaired) electrons. The first-order valence-electron chi connectivity index (χ1n) is 5.66. The summed E-state index contributed by atoms with van der Waals surface area (Å²) >= 11 is 5.89. The number of nitrogens with two attached hydrogens (primary N) is 1. The first kappa shape index (κ1) is 13.8.